The van der Waals surface area contributed by atoms with Crippen LogP contribution >= 0.6 is 11.6 Å². The fourth-order valence-corrected chi connectivity index (χ4v) is 3.26. The molecule has 2 amide bonds. The highest BCUT2D eigenvalue weighted by atomic mass is 35.5. The van der Waals surface area contributed by atoms with Gasteiger partial charge in [-0.2, -0.15) is 0 Å². The van der Waals surface area contributed by atoms with Crippen LogP contribution in [0.25, 0.3) is 5.69 Å². The van der Waals surface area contributed by atoms with Gasteiger partial charge in [-0.3, -0.25) is 9.59 Å². The van der Waals surface area contributed by atoms with Crippen molar-refractivity contribution in [3.05, 3.63) is 70.8 Å². The van der Waals surface area contributed by atoms with Crippen LogP contribution in [0.15, 0.2) is 48.5 Å². The lowest BCUT2D eigenvalue weighted by atomic mass is 10.2. The SMILES string of the molecule is COCCNC(=O)c1ccc(Cl)c(NC(=O)c2nc(C3CC3)n(-c3ccccc3)n2)c1. The summed E-state index contributed by atoms with van der Waals surface area (Å²) in [5, 5.41) is 10.2. The number of para-hydroxylation sites is 1. The van der Waals surface area contributed by atoms with Gasteiger partial charge in [0, 0.05) is 25.1 Å². The van der Waals surface area contributed by atoms with E-state index in [4.69, 9.17) is 16.3 Å². The van der Waals surface area contributed by atoms with Crippen molar-refractivity contribution in [3.63, 3.8) is 0 Å². The maximum absolute atomic E-state index is 12.9. The van der Waals surface area contributed by atoms with Crippen molar-refractivity contribution < 1.29 is 14.3 Å². The van der Waals surface area contributed by atoms with Crippen molar-refractivity contribution in [1.29, 1.82) is 0 Å². The Morgan fingerprint density at radius 3 is 2.65 bits per heavy atom. The molecule has 0 unspecified atom stereocenters. The van der Waals surface area contributed by atoms with Crippen LogP contribution in [0, 0.1) is 0 Å². The summed E-state index contributed by atoms with van der Waals surface area (Å²) in [5.41, 5.74) is 1.54. The lowest BCUT2D eigenvalue weighted by Gasteiger charge is -2.09. The molecule has 0 saturated heterocycles. The molecular formula is C22H22ClN5O3. The minimum Gasteiger partial charge on any atom is -0.383 e. The Kier molecular flexibility index (Phi) is 6.29. The summed E-state index contributed by atoms with van der Waals surface area (Å²) in [5.74, 6) is 0.351. The largest absolute Gasteiger partial charge is 0.383 e. The van der Waals surface area contributed by atoms with Crippen LogP contribution in [0.2, 0.25) is 5.02 Å². The minimum atomic E-state index is -0.490. The van der Waals surface area contributed by atoms with Gasteiger partial charge >= 0.3 is 0 Å². The highest BCUT2D eigenvalue weighted by molar-refractivity contribution is 6.34. The minimum absolute atomic E-state index is 0.0526. The van der Waals surface area contributed by atoms with Crippen molar-refractivity contribution >= 4 is 29.1 Å². The predicted octanol–water partition coefficient (Wildman–Crippen LogP) is 3.43. The Bertz CT molecular complexity index is 1100. The number of carbonyl (C=O) groups is 2. The fraction of sp³-hybridized carbons (Fsp3) is 0.273. The number of nitrogens with zero attached hydrogens (tertiary/aromatic N) is 3. The molecule has 0 atom stereocenters. The number of nitrogens with one attached hydrogen (secondary N) is 2. The second kappa shape index (κ2) is 9.28. The highest BCUT2D eigenvalue weighted by Gasteiger charge is 2.31. The third-order valence-corrected chi connectivity index (χ3v) is 5.18. The number of carbonyl (C=O) groups excluding carboxylic acids is 2. The molecule has 0 bridgehead atoms. The van der Waals surface area contributed by atoms with Gasteiger partial charge < -0.3 is 15.4 Å². The van der Waals surface area contributed by atoms with Crippen LogP contribution in [0.3, 0.4) is 0 Å². The number of anilines is 1. The van der Waals surface area contributed by atoms with Gasteiger partial charge in [-0.25, -0.2) is 9.67 Å². The molecule has 1 heterocycles. The van der Waals surface area contributed by atoms with Crippen LogP contribution in [0.4, 0.5) is 5.69 Å². The number of amides is 2. The first-order chi connectivity index (χ1) is 15.1. The number of benzene rings is 2. The van der Waals surface area contributed by atoms with E-state index in [9.17, 15) is 9.59 Å². The van der Waals surface area contributed by atoms with E-state index in [-0.39, 0.29) is 11.7 Å². The van der Waals surface area contributed by atoms with E-state index in [1.165, 1.54) is 6.07 Å². The molecule has 2 aromatic carbocycles. The smallest absolute Gasteiger partial charge is 0.295 e. The molecule has 31 heavy (non-hydrogen) atoms. The zero-order valence-electron chi connectivity index (χ0n) is 17.0. The lowest BCUT2D eigenvalue weighted by molar-refractivity contribution is 0.0936. The zero-order valence-corrected chi connectivity index (χ0v) is 17.7. The van der Waals surface area contributed by atoms with Gasteiger partial charge in [0.05, 0.1) is 23.0 Å². The summed E-state index contributed by atoms with van der Waals surface area (Å²) < 4.78 is 6.64. The molecule has 0 aliphatic heterocycles. The molecule has 0 radical (unpaired) electrons. The van der Waals surface area contributed by atoms with E-state index in [1.807, 2.05) is 30.3 Å². The van der Waals surface area contributed by atoms with Gasteiger partial charge in [0.25, 0.3) is 11.8 Å². The molecule has 1 aliphatic rings. The predicted molar refractivity (Wildman–Crippen MR) is 117 cm³/mol. The third-order valence-electron chi connectivity index (χ3n) is 4.85. The zero-order chi connectivity index (χ0) is 21.8. The summed E-state index contributed by atoms with van der Waals surface area (Å²) in [6.45, 7) is 0.784. The van der Waals surface area contributed by atoms with Gasteiger partial charge in [0.2, 0.25) is 5.82 Å². The molecule has 1 fully saturated rings. The maximum atomic E-state index is 12.9. The maximum Gasteiger partial charge on any atom is 0.295 e. The first-order valence-corrected chi connectivity index (χ1v) is 10.3. The van der Waals surface area contributed by atoms with Crippen LogP contribution < -0.4 is 10.6 Å². The molecule has 4 rings (SSSR count). The number of methoxy groups -OCH3 is 1. The summed E-state index contributed by atoms with van der Waals surface area (Å²) >= 11 is 6.24. The van der Waals surface area contributed by atoms with Crippen LogP contribution in [-0.2, 0) is 4.74 Å². The van der Waals surface area contributed by atoms with E-state index >= 15 is 0 Å². The van der Waals surface area contributed by atoms with Gasteiger partial charge in [-0.05, 0) is 43.2 Å². The van der Waals surface area contributed by atoms with E-state index < -0.39 is 5.91 Å². The molecule has 160 valence electrons. The Labute approximate surface area is 184 Å². The Balaban J connectivity index is 1.55. The second-order valence-corrected chi connectivity index (χ2v) is 7.62. The molecule has 8 nitrogen and oxygen atoms in total. The average molecular weight is 440 g/mol. The van der Waals surface area contributed by atoms with Crippen molar-refractivity contribution in [2.75, 3.05) is 25.6 Å². The van der Waals surface area contributed by atoms with Crippen LogP contribution in [0.5, 0.6) is 0 Å². The number of halogens is 1. The van der Waals surface area contributed by atoms with E-state index in [0.717, 1.165) is 24.4 Å². The molecule has 1 saturated carbocycles. The van der Waals surface area contributed by atoms with E-state index in [1.54, 1.807) is 23.9 Å². The van der Waals surface area contributed by atoms with Crippen molar-refractivity contribution in [2.24, 2.45) is 0 Å². The average Bonchev–Trinajstić information content (AvgIpc) is 3.53. The molecule has 2 N–H and O–H groups in total. The summed E-state index contributed by atoms with van der Waals surface area (Å²) in [4.78, 5) is 29.6. The monoisotopic (exact) mass is 439 g/mol. The Morgan fingerprint density at radius 1 is 1.16 bits per heavy atom. The molecule has 1 aromatic heterocycles. The van der Waals surface area contributed by atoms with Crippen molar-refractivity contribution in [1.82, 2.24) is 20.1 Å². The number of aromatic nitrogens is 3. The van der Waals surface area contributed by atoms with Crippen molar-refractivity contribution in [2.45, 2.75) is 18.8 Å². The van der Waals surface area contributed by atoms with Gasteiger partial charge in [-0.1, -0.05) is 29.8 Å². The highest BCUT2D eigenvalue weighted by Crippen LogP contribution is 2.39. The van der Waals surface area contributed by atoms with E-state index in [0.29, 0.717) is 35.3 Å². The van der Waals surface area contributed by atoms with Crippen LogP contribution in [-0.4, -0.2) is 46.8 Å². The first kappa shape index (κ1) is 21.0. The molecule has 1 aliphatic carbocycles. The van der Waals surface area contributed by atoms with E-state index in [2.05, 4.69) is 20.7 Å². The van der Waals surface area contributed by atoms with Gasteiger partial charge in [0.15, 0.2) is 0 Å². The fourth-order valence-electron chi connectivity index (χ4n) is 3.09. The number of rotatable bonds is 8. The Hall–Kier alpha value is -3.23. The topological polar surface area (TPSA) is 98.1 Å². The van der Waals surface area contributed by atoms with Gasteiger partial charge in [-0.15, -0.1) is 5.10 Å². The molecular weight excluding hydrogens is 418 g/mol. The van der Waals surface area contributed by atoms with Crippen LogP contribution in [0.1, 0.15) is 45.6 Å². The summed E-state index contributed by atoms with van der Waals surface area (Å²) in [6, 6.07) is 14.3. The molecule has 9 heteroatoms. The standard InChI is InChI=1S/C22H22ClN5O3/c1-31-12-11-24-21(29)15-9-10-17(23)18(13-15)25-22(30)19-26-20(14-7-8-14)28(27-19)16-5-3-2-4-6-16/h2-6,9-10,13-14H,7-8,11-12H2,1H3,(H,24,29)(H,25,30). The third kappa shape index (κ3) is 4.92. The second-order valence-electron chi connectivity index (χ2n) is 7.21. The molecule has 0 spiro atoms. The Morgan fingerprint density at radius 2 is 1.94 bits per heavy atom. The summed E-state index contributed by atoms with van der Waals surface area (Å²) in [6.07, 6.45) is 2.05. The number of ether oxygens (including phenoxy) is 1. The van der Waals surface area contributed by atoms with Gasteiger partial charge in [0.1, 0.15) is 5.82 Å². The lowest BCUT2D eigenvalue weighted by Crippen LogP contribution is -2.27. The summed E-state index contributed by atoms with van der Waals surface area (Å²) in [7, 11) is 1.56. The van der Waals surface area contributed by atoms with Crippen molar-refractivity contribution in [3.8, 4) is 5.69 Å². The molecule has 3 aromatic rings. The first-order valence-electron chi connectivity index (χ1n) is 9.97. The number of hydrogen-bond donors (Lipinski definition) is 2. The number of hydrogen-bond acceptors (Lipinski definition) is 5. The normalized spacial score (nSPS) is 13.1. The quantitative estimate of drug-likeness (QED) is 0.524.